The van der Waals surface area contributed by atoms with Crippen LogP contribution in [0, 0.1) is 0 Å². The second-order valence-electron chi connectivity index (χ2n) is 6.56. The van der Waals surface area contributed by atoms with Crippen LogP contribution in [0.3, 0.4) is 0 Å². The van der Waals surface area contributed by atoms with Crippen molar-refractivity contribution < 1.29 is 19.0 Å². The Labute approximate surface area is 149 Å². The Bertz CT molecular complexity index is 710. The molecular weight excluding hydrogens is 316 g/mol. The summed E-state index contributed by atoms with van der Waals surface area (Å²) in [7, 11) is 1.45. The summed E-state index contributed by atoms with van der Waals surface area (Å²) in [5.41, 5.74) is 1.37. The van der Waals surface area contributed by atoms with E-state index < -0.39 is 11.6 Å². The summed E-state index contributed by atoms with van der Waals surface area (Å²) < 4.78 is 16.2. The predicted octanol–water partition coefficient (Wildman–Crippen LogP) is 4.59. The largest absolute Gasteiger partial charge is 0.490 e. The molecule has 0 saturated heterocycles. The molecule has 0 N–H and O–H groups in total. The molecule has 2 rings (SSSR count). The van der Waals surface area contributed by atoms with Crippen molar-refractivity contribution in [3.63, 3.8) is 0 Å². The van der Waals surface area contributed by atoms with Gasteiger partial charge in [0.1, 0.15) is 18.0 Å². The molecule has 0 bridgehead atoms. The van der Waals surface area contributed by atoms with E-state index >= 15 is 0 Å². The topological polar surface area (TPSA) is 44.8 Å². The van der Waals surface area contributed by atoms with Gasteiger partial charge in [0, 0.05) is 0 Å². The maximum Gasteiger partial charge on any atom is 0.374 e. The van der Waals surface area contributed by atoms with Crippen molar-refractivity contribution in [3.8, 4) is 5.75 Å². The lowest BCUT2D eigenvalue weighted by Crippen LogP contribution is -2.25. The molecule has 25 heavy (non-hydrogen) atoms. The molecule has 0 saturated carbocycles. The molecule has 2 aromatic rings. The normalized spacial score (nSPS) is 11.8. The summed E-state index contributed by atoms with van der Waals surface area (Å²) in [6.07, 6.45) is 1.65. The molecule has 0 aromatic heterocycles. The van der Waals surface area contributed by atoms with E-state index in [0.29, 0.717) is 6.61 Å². The average molecular weight is 340 g/mol. The number of benzene rings is 2. The molecule has 0 amide bonds. The molecule has 0 atom stereocenters. The lowest BCUT2D eigenvalue weighted by Gasteiger charge is -2.20. The van der Waals surface area contributed by atoms with Crippen LogP contribution >= 0.6 is 0 Å². The SMILES string of the molecule is CO/C(=C\c1ccc(OCc2ccccc2)cc1)C(=O)OC(C)(C)C. The number of carbonyl (C=O) groups is 1. The molecule has 0 aliphatic rings. The minimum atomic E-state index is -0.566. The maximum absolute atomic E-state index is 12.1. The number of hydrogen-bond acceptors (Lipinski definition) is 4. The van der Waals surface area contributed by atoms with E-state index in [-0.39, 0.29) is 5.76 Å². The van der Waals surface area contributed by atoms with Gasteiger partial charge in [0.25, 0.3) is 0 Å². The van der Waals surface area contributed by atoms with E-state index in [9.17, 15) is 4.79 Å². The molecule has 0 spiro atoms. The van der Waals surface area contributed by atoms with Crippen LogP contribution in [0.1, 0.15) is 31.9 Å². The summed E-state index contributed by atoms with van der Waals surface area (Å²) in [6.45, 7) is 5.96. The van der Waals surface area contributed by atoms with E-state index in [2.05, 4.69) is 0 Å². The Morgan fingerprint density at radius 2 is 1.64 bits per heavy atom. The molecule has 2 aromatic carbocycles. The van der Waals surface area contributed by atoms with E-state index in [1.54, 1.807) is 6.08 Å². The van der Waals surface area contributed by atoms with Crippen LogP contribution in [-0.2, 0) is 20.9 Å². The van der Waals surface area contributed by atoms with E-state index in [1.807, 2.05) is 75.4 Å². The first-order valence-corrected chi connectivity index (χ1v) is 8.13. The van der Waals surface area contributed by atoms with Crippen LogP contribution in [0.15, 0.2) is 60.4 Å². The Balaban J connectivity index is 2.01. The molecule has 0 unspecified atom stereocenters. The van der Waals surface area contributed by atoms with Crippen molar-refractivity contribution in [2.75, 3.05) is 7.11 Å². The van der Waals surface area contributed by atoms with Gasteiger partial charge >= 0.3 is 5.97 Å². The molecule has 0 aliphatic carbocycles. The number of methoxy groups -OCH3 is 1. The molecule has 4 heteroatoms. The van der Waals surface area contributed by atoms with Gasteiger partial charge in [0.15, 0.2) is 0 Å². The summed E-state index contributed by atoms with van der Waals surface area (Å²) in [6, 6.07) is 17.4. The minimum Gasteiger partial charge on any atom is -0.490 e. The van der Waals surface area contributed by atoms with Crippen LogP contribution in [0.4, 0.5) is 0 Å². The van der Waals surface area contributed by atoms with Gasteiger partial charge in [-0.2, -0.15) is 0 Å². The standard InChI is InChI=1S/C21H24O4/c1-21(2,3)25-20(22)19(23-4)14-16-10-12-18(13-11-16)24-15-17-8-6-5-7-9-17/h5-14H,15H2,1-4H3/b19-14-. The van der Waals surface area contributed by atoms with Gasteiger partial charge in [-0.3, -0.25) is 0 Å². The summed E-state index contributed by atoms with van der Waals surface area (Å²) >= 11 is 0. The zero-order valence-electron chi connectivity index (χ0n) is 15.1. The van der Waals surface area contributed by atoms with Crippen LogP contribution in [-0.4, -0.2) is 18.7 Å². The highest BCUT2D eigenvalue weighted by Crippen LogP contribution is 2.18. The summed E-state index contributed by atoms with van der Waals surface area (Å²) in [5, 5.41) is 0. The first kappa shape index (κ1) is 18.6. The Kier molecular flexibility index (Phi) is 6.23. The Hall–Kier alpha value is -2.75. The lowest BCUT2D eigenvalue weighted by atomic mass is 10.1. The number of carbonyl (C=O) groups excluding carboxylic acids is 1. The fourth-order valence-electron chi connectivity index (χ4n) is 2.08. The monoisotopic (exact) mass is 340 g/mol. The first-order valence-electron chi connectivity index (χ1n) is 8.13. The van der Waals surface area contributed by atoms with Crippen LogP contribution in [0.5, 0.6) is 5.75 Å². The predicted molar refractivity (Wildman–Crippen MR) is 98.0 cm³/mol. The zero-order valence-corrected chi connectivity index (χ0v) is 15.1. The Morgan fingerprint density at radius 1 is 1.00 bits per heavy atom. The highest BCUT2D eigenvalue weighted by atomic mass is 16.6. The molecule has 0 heterocycles. The third kappa shape index (κ3) is 6.34. The highest BCUT2D eigenvalue weighted by molar-refractivity contribution is 5.91. The van der Waals surface area contributed by atoms with Gasteiger partial charge in [-0.25, -0.2) is 4.79 Å². The second kappa shape index (κ2) is 8.38. The van der Waals surface area contributed by atoms with Crippen molar-refractivity contribution in [1.29, 1.82) is 0 Å². The highest BCUT2D eigenvalue weighted by Gasteiger charge is 2.20. The van der Waals surface area contributed by atoms with Crippen molar-refractivity contribution >= 4 is 12.0 Å². The molecule has 132 valence electrons. The van der Waals surface area contributed by atoms with Crippen LogP contribution in [0.25, 0.3) is 6.08 Å². The molecule has 0 aliphatic heterocycles. The van der Waals surface area contributed by atoms with Gasteiger partial charge in [-0.1, -0.05) is 42.5 Å². The van der Waals surface area contributed by atoms with Gasteiger partial charge in [-0.05, 0) is 50.1 Å². The van der Waals surface area contributed by atoms with Crippen molar-refractivity contribution in [2.45, 2.75) is 33.0 Å². The molecule has 0 fully saturated rings. The second-order valence-corrected chi connectivity index (χ2v) is 6.56. The zero-order chi connectivity index (χ0) is 18.3. The van der Waals surface area contributed by atoms with Crippen LogP contribution in [0.2, 0.25) is 0 Å². The smallest absolute Gasteiger partial charge is 0.374 e. The van der Waals surface area contributed by atoms with E-state index in [1.165, 1.54) is 7.11 Å². The quantitative estimate of drug-likeness (QED) is 0.438. The third-order valence-corrected chi connectivity index (χ3v) is 3.25. The van der Waals surface area contributed by atoms with Gasteiger partial charge < -0.3 is 14.2 Å². The number of esters is 1. The number of hydrogen-bond donors (Lipinski definition) is 0. The minimum absolute atomic E-state index is 0.160. The average Bonchev–Trinajstić information content (AvgIpc) is 2.58. The van der Waals surface area contributed by atoms with Crippen LogP contribution < -0.4 is 4.74 Å². The fourth-order valence-corrected chi connectivity index (χ4v) is 2.08. The van der Waals surface area contributed by atoms with Gasteiger partial charge in [-0.15, -0.1) is 0 Å². The molecule has 4 nitrogen and oxygen atoms in total. The van der Waals surface area contributed by atoms with Crippen molar-refractivity contribution in [3.05, 3.63) is 71.5 Å². The van der Waals surface area contributed by atoms with E-state index in [4.69, 9.17) is 14.2 Å². The fraction of sp³-hybridized carbons (Fsp3) is 0.286. The van der Waals surface area contributed by atoms with Gasteiger partial charge in [0.2, 0.25) is 5.76 Å². The van der Waals surface area contributed by atoms with Crippen molar-refractivity contribution in [2.24, 2.45) is 0 Å². The Morgan fingerprint density at radius 3 is 2.20 bits per heavy atom. The maximum atomic E-state index is 12.1. The van der Waals surface area contributed by atoms with Gasteiger partial charge in [0.05, 0.1) is 7.11 Å². The summed E-state index contributed by atoms with van der Waals surface area (Å²) in [5.74, 6) is 0.435. The number of rotatable bonds is 6. The van der Waals surface area contributed by atoms with Crippen molar-refractivity contribution in [1.82, 2.24) is 0 Å². The lowest BCUT2D eigenvalue weighted by molar-refractivity contribution is -0.153. The molecular formula is C21H24O4. The van der Waals surface area contributed by atoms with E-state index in [0.717, 1.165) is 16.9 Å². The third-order valence-electron chi connectivity index (χ3n) is 3.25. The number of ether oxygens (including phenoxy) is 3. The first-order chi connectivity index (χ1) is 11.9. The summed E-state index contributed by atoms with van der Waals surface area (Å²) in [4.78, 5) is 12.1. The molecule has 0 radical (unpaired) electrons.